The molecule has 0 aliphatic heterocycles. The Bertz CT molecular complexity index is 619. The van der Waals surface area contributed by atoms with Gasteiger partial charge in [-0.05, 0) is 19.4 Å². The first-order chi connectivity index (χ1) is 10.0. The van der Waals surface area contributed by atoms with Crippen molar-refractivity contribution in [3.8, 4) is 0 Å². The molecule has 0 radical (unpaired) electrons. The van der Waals surface area contributed by atoms with E-state index in [1.54, 1.807) is 9.58 Å². The van der Waals surface area contributed by atoms with E-state index in [1.807, 2.05) is 51.2 Å². The number of rotatable bonds is 5. The first kappa shape index (κ1) is 15.3. The van der Waals surface area contributed by atoms with Gasteiger partial charge in [0.25, 0.3) is 5.91 Å². The van der Waals surface area contributed by atoms with Gasteiger partial charge in [0.15, 0.2) is 0 Å². The molecule has 0 bridgehead atoms. The van der Waals surface area contributed by atoms with Gasteiger partial charge in [0, 0.05) is 32.4 Å². The van der Waals surface area contributed by atoms with E-state index in [4.69, 9.17) is 5.73 Å². The minimum Gasteiger partial charge on any atom is -0.333 e. The Balaban J connectivity index is 2.27. The van der Waals surface area contributed by atoms with E-state index in [2.05, 4.69) is 5.10 Å². The lowest BCUT2D eigenvalue weighted by atomic mass is 10.1. The summed E-state index contributed by atoms with van der Waals surface area (Å²) in [5, 5.41) is 4.32. The fourth-order valence-electron chi connectivity index (χ4n) is 2.45. The average Bonchev–Trinajstić information content (AvgIpc) is 2.72. The van der Waals surface area contributed by atoms with Crippen LogP contribution in [-0.4, -0.2) is 33.7 Å². The van der Waals surface area contributed by atoms with Crippen LogP contribution in [0.25, 0.3) is 0 Å². The molecule has 0 aliphatic carbocycles. The van der Waals surface area contributed by atoms with E-state index in [9.17, 15) is 4.79 Å². The van der Waals surface area contributed by atoms with Crippen molar-refractivity contribution in [1.82, 2.24) is 14.7 Å². The predicted octanol–water partition coefficient (Wildman–Crippen LogP) is 1.64. The van der Waals surface area contributed by atoms with Crippen molar-refractivity contribution in [1.29, 1.82) is 0 Å². The van der Waals surface area contributed by atoms with Crippen LogP contribution in [0.15, 0.2) is 30.3 Å². The number of amides is 1. The van der Waals surface area contributed by atoms with Gasteiger partial charge in [0.1, 0.15) is 0 Å². The topological polar surface area (TPSA) is 64.2 Å². The number of aromatic nitrogens is 2. The molecule has 21 heavy (non-hydrogen) atoms. The maximum absolute atomic E-state index is 12.8. The number of hydrogen-bond donors (Lipinski definition) is 1. The van der Waals surface area contributed by atoms with Crippen LogP contribution in [0.4, 0.5) is 0 Å². The summed E-state index contributed by atoms with van der Waals surface area (Å²) >= 11 is 0. The second-order valence-corrected chi connectivity index (χ2v) is 5.17. The van der Waals surface area contributed by atoms with Crippen LogP contribution in [0.2, 0.25) is 0 Å². The summed E-state index contributed by atoms with van der Waals surface area (Å²) in [5.41, 5.74) is 9.09. The van der Waals surface area contributed by atoms with Gasteiger partial charge in [0.2, 0.25) is 0 Å². The summed E-state index contributed by atoms with van der Waals surface area (Å²) in [4.78, 5) is 14.6. The van der Waals surface area contributed by atoms with Crippen molar-refractivity contribution in [2.45, 2.75) is 20.4 Å². The number of benzene rings is 1. The Morgan fingerprint density at radius 1 is 1.29 bits per heavy atom. The molecule has 0 saturated carbocycles. The van der Waals surface area contributed by atoms with E-state index in [0.717, 1.165) is 17.0 Å². The standard InChI is InChI=1S/C16H22N4O/c1-12-15(13(2)19(3)18-12)16(21)20(10-9-17)11-14-7-5-4-6-8-14/h4-8H,9-11,17H2,1-3H3. The summed E-state index contributed by atoms with van der Waals surface area (Å²) < 4.78 is 1.74. The molecule has 2 N–H and O–H groups in total. The summed E-state index contributed by atoms with van der Waals surface area (Å²) in [7, 11) is 1.85. The average molecular weight is 286 g/mol. The number of hydrogen-bond acceptors (Lipinski definition) is 3. The fourth-order valence-corrected chi connectivity index (χ4v) is 2.45. The zero-order chi connectivity index (χ0) is 15.4. The first-order valence-electron chi connectivity index (χ1n) is 7.08. The molecule has 0 unspecified atom stereocenters. The monoisotopic (exact) mass is 286 g/mol. The van der Waals surface area contributed by atoms with E-state index in [0.29, 0.717) is 25.2 Å². The van der Waals surface area contributed by atoms with Crippen molar-refractivity contribution < 1.29 is 4.79 Å². The van der Waals surface area contributed by atoms with Crippen LogP contribution in [0, 0.1) is 13.8 Å². The number of aryl methyl sites for hydroxylation is 2. The molecule has 0 aliphatic rings. The van der Waals surface area contributed by atoms with Crippen LogP contribution in [-0.2, 0) is 13.6 Å². The van der Waals surface area contributed by atoms with Crippen molar-refractivity contribution in [3.63, 3.8) is 0 Å². The second-order valence-electron chi connectivity index (χ2n) is 5.17. The van der Waals surface area contributed by atoms with Gasteiger partial charge in [0.05, 0.1) is 11.3 Å². The van der Waals surface area contributed by atoms with Crippen molar-refractivity contribution in [3.05, 3.63) is 52.8 Å². The smallest absolute Gasteiger partial charge is 0.257 e. The summed E-state index contributed by atoms with van der Waals surface area (Å²) in [5.74, 6) is -0.00703. The second kappa shape index (κ2) is 6.54. The van der Waals surface area contributed by atoms with Gasteiger partial charge in [-0.1, -0.05) is 30.3 Å². The van der Waals surface area contributed by atoms with Gasteiger partial charge in [-0.3, -0.25) is 9.48 Å². The molecule has 0 fully saturated rings. The summed E-state index contributed by atoms with van der Waals surface area (Å²) in [6.45, 7) is 5.31. The molecule has 2 rings (SSSR count). The van der Waals surface area contributed by atoms with Crippen LogP contribution in [0.1, 0.15) is 27.3 Å². The number of nitrogens with zero attached hydrogens (tertiary/aromatic N) is 3. The zero-order valence-electron chi connectivity index (χ0n) is 12.8. The molecule has 1 aromatic carbocycles. The quantitative estimate of drug-likeness (QED) is 0.908. The Morgan fingerprint density at radius 2 is 1.95 bits per heavy atom. The molecule has 112 valence electrons. The fraction of sp³-hybridized carbons (Fsp3) is 0.375. The molecule has 5 nitrogen and oxygen atoms in total. The lowest BCUT2D eigenvalue weighted by Crippen LogP contribution is -2.35. The van der Waals surface area contributed by atoms with Crippen molar-refractivity contribution in [2.24, 2.45) is 12.8 Å². The third kappa shape index (κ3) is 3.31. The van der Waals surface area contributed by atoms with Crippen molar-refractivity contribution in [2.75, 3.05) is 13.1 Å². The Labute approximate surface area is 125 Å². The van der Waals surface area contributed by atoms with Crippen LogP contribution in [0.5, 0.6) is 0 Å². The Morgan fingerprint density at radius 3 is 2.48 bits per heavy atom. The molecular formula is C16H22N4O. The lowest BCUT2D eigenvalue weighted by molar-refractivity contribution is 0.0746. The van der Waals surface area contributed by atoms with E-state index in [1.165, 1.54) is 0 Å². The highest BCUT2D eigenvalue weighted by molar-refractivity contribution is 5.96. The first-order valence-corrected chi connectivity index (χ1v) is 7.08. The summed E-state index contributed by atoms with van der Waals surface area (Å²) in [6, 6.07) is 9.94. The third-order valence-electron chi connectivity index (χ3n) is 3.63. The maximum atomic E-state index is 12.8. The van der Waals surface area contributed by atoms with Gasteiger partial charge in [-0.2, -0.15) is 5.10 Å². The van der Waals surface area contributed by atoms with Gasteiger partial charge >= 0.3 is 0 Å². The number of nitrogens with two attached hydrogens (primary N) is 1. The van der Waals surface area contributed by atoms with Crippen LogP contribution >= 0.6 is 0 Å². The SMILES string of the molecule is Cc1nn(C)c(C)c1C(=O)N(CCN)Cc1ccccc1. The molecule has 0 saturated heterocycles. The minimum absolute atomic E-state index is 0.00703. The van der Waals surface area contributed by atoms with Crippen LogP contribution < -0.4 is 5.73 Å². The highest BCUT2D eigenvalue weighted by atomic mass is 16.2. The lowest BCUT2D eigenvalue weighted by Gasteiger charge is -2.22. The Kier molecular flexibility index (Phi) is 4.75. The van der Waals surface area contributed by atoms with Gasteiger partial charge in [-0.15, -0.1) is 0 Å². The predicted molar refractivity (Wildman–Crippen MR) is 82.9 cm³/mol. The molecule has 1 amide bonds. The maximum Gasteiger partial charge on any atom is 0.257 e. The number of carbonyl (C=O) groups is 1. The minimum atomic E-state index is -0.00703. The summed E-state index contributed by atoms with van der Waals surface area (Å²) in [6.07, 6.45) is 0. The normalized spacial score (nSPS) is 10.7. The molecule has 1 heterocycles. The molecule has 2 aromatic rings. The third-order valence-corrected chi connectivity index (χ3v) is 3.63. The van der Waals surface area contributed by atoms with E-state index < -0.39 is 0 Å². The van der Waals surface area contributed by atoms with Crippen LogP contribution in [0.3, 0.4) is 0 Å². The molecule has 0 spiro atoms. The van der Waals surface area contributed by atoms with Gasteiger partial charge < -0.3 is 10.6 Å². The van der Waals surface area contributed by atoms with E-state index >= 15 is 0 Å². The largest absolute Gasteiger partial charge is 0.333 e. The number of carbonyl (C=O) groups excluding carboxylic acids is 1. The van der Waals surface area contributed by atoms with Crippen molar-refractivity contribution >= 4 is 5.91 Å². The molecule has 0 atom stereocenters. The molecular weight excluding hydrogens is 264 g/mol. The highest BCUT2D eigenvalue weighted by Gasteiger charge is 2.22. The zero-order valence-corrected chi connectivity index (χ0v) is 12.8. The molecule has 5 heteroatoms. The Hall–Kier alpha value is -2.14. The van der Waals surface area contributed by atoms with E-state index in [-0.39, 0.29) is 5.91 Å². The molecule has 1 aromatic heterocycles. The highest BCUT2D eigenvalue weighted by Crippen LogP contribution is 2.16. The van der Waals surface area contributed by atoms with Gasteiger partial charge in [-0.25, -0.2) is 0 Å².